The van der Waals surface area contributed by atoms with Crippen LogP contribution in [0.3, 0.4) is 0 Å². The lowest BCUT2D eigenvalue weighted by Gasteiger charge is -2.30. The number of rotatable bonds is 4. The molecule has 0 fully saturated rings. The number of benzene rings is 1. The van der Waals surface area contributed by atoms with E-state index in [1.165, 1.54) is 11.3 Å². The number of ketones is 1. The van der Waals surface area contributed by atoms with Crippen LogP contribution < -0.4 is 4.90 Å². The summed E-state index contributed by atoms with van der Waals surface area (Å²) in [6, 6.07) is 12.2. The van der Waals surface area contributed by atoms with E-state index in [4.69, 9.17) is 4.52 Å². The summed E-state index contributed by atoms with van der Waals surface area (Å²) < 4.78 is 7.18. The van der Waals surface area contributed by atoms with Gasteiger partial charge in [0.05, 0.1) is 6.54 Å². The van der Waals surface area contributed by atoms with E-state index in [1.807, 2.05) is 43.5 Å². The molecule has 4 rings (SSSR count). The fourth-order valence-electron chi connectivity index (χ4n) is 3.89. The fourth-order valence-corrected chi connectivity index (χ4v) is 3.89. The molecular weight excluding hydrogens is 326 g/mol. The van der Waals surface area contributed by atoms with Crippen LogP contribution in [0.2, 0.25) is 0 Å². The molecule has 0 amide bonds. The maximum Gasteiger partial charge on any atom is 0.183 e. The molecule has 5 heteroatoms. The van der Waals surface area contributed by atoms with Crippen molar-refractivity contribution < 1.29 is 9.32 Å². The van der Waals surface area contributed by atoms with Gasteiger partial charge in [0.1, 0.15) is 5.76 Å². The molecule has 0 bridgehead atoms. The molecule has 0 saturated heterocycles. The van der Waals surface area contributed by atoms with Crippen LogP contribution >= 0.6 is 0 Å². The van der Waals surface area contributed by atoms with Gasteiger partial charge in [-0.1, -0.05) is 23.4 Å². The maximum atomic E-state index is 13.0. The average molecular weight is 349 g/mol. The van der Waals surface area contributed by atoms with Crippen LogP contribution in [-0.4, -0.2) is 28.6 Å². The zero-order valence-electron chi connectivity index (χ0n) is 15.5. The maximum absolute atomic E-state index is 13.0. The molecule has 5 nitrogen and oxygen atoms in total. The summed E-state index contributed by atoms with van der Waals surface area (Å²) >= 11 is 0. The summed E-state index contributed by atoms with van der Waals surface area (Å²) in [5.74, 6) is 1.62. The van der Waals surface area contributed by atoms with Gasteiger partial charge < -0.3 is 9.42 Å². The van der Waals surface area contributed by atoms with Crippen molar-refractivity contribution in [1.82, 2.24) is 9.72 Å². The molecule has 2 aromatic heterocycles. The molecule has 0 spiro atoms. The van der Waals surface area contributed by atoms with E-state index in [2.05, 4.69) is 28.3 Å². The van der Waals surface area contributed by atoms with Crippen molar-refractivity contribution in [3.8, 4) is 5.82 Å². The fraction of sp³-hybridized carbons (Fsp3) is 0.333. The molecule has 134 valence electrons. The van der Waals surface area contributed by atoms with Gasteiger partial charge in [-0.05, 0) is 51.3 Å². The van der Waals surface area contributed by atoms with Crippen molar-refractivity contribution in [3.63, 3.8) is 0 Å². The second-order valence-electron chi connectivity index (χ2n) is 6.99. The first-order chi connectivity index (χ1) is 12.5. The van der Waals surface area contributed by atoms with Gasteiger partial charge >= 0.3 is 0 Å². The highest BCUT2D eigenvalue weighted by molar-refractivity contribution is 6.00. The minimum absolute atomic E-state index is 0.140. The highest BCUT2D eigenvalue weighted by Gasteiger charge is 2.23. The highest BCUT2D eigenvalue weighted by Crippen LogP contribution is 2.27. The number of hydrogen-bond acceptors (Lipinski definition) is 4. The third-order valence-electron chi connectivity index (χ3n) is 5.12. The molecule has 26 heavy (non-hydrogen) atoms. The molecule has 0 unspecified atom stereocenters. The molecule has 0 saturated carbocycles. The Labute approximate surface area is 153 Å². The number of anilines is 1. The third kappa shape index (κ3) is 2.83. The Morgan fingerprint density at radius 2 is 2.00 bits per heavy atom. The number of hydrogen-bond donors (Lipinski definition) is 0. The van der Waals surface area contributed by atoms with E-state index in [-0.39, 0.29) is 5.78 Å². The SMILES string of the molecule is Cc1cc(-n2c(C)cc(C(=O)CN3CCCc4ccccc43)c2C)no1. The lowest BCUT2D eigenvalue weighted by Crippen LogP contribution is -2.34. The van der Waals surface area contributed by atoms with E-state index < -0.39 is 0 Å². The normalized spacial score (nSPS) is 13.7. The van der Waals surface area contributed by atoms with E-state index in [0.717, 1.165) is 47.9 Å². The van der Waals surface area contributed by atoms with Crippen LogP contribution in [0.5, 0.6) is 0 Å². The van der Waals surface area contributed by atoms with E-state index in [9.17, 15) is 4.79 Å². The van der Waals surface area contributed by atoms with Crippen LogP contribution in [0.4, 0.5) is 5.69 Å². The molecule has 0 aliphatic carbocycles. The molecular formula is C21H23N3O2. The zero-order valence-corrected chi connectivity index (χ0v) is 15.5. The number of carbonyl (C=O) groups excluding carboxylic acids is 1. The van der Waals surface area contributed by atoms with Crippen molar-refractivity contribution in [2.75, 3.05) is 18.0 Å². The second kappa shape index (κ2) is 6.48. The van der Waals surface area contributed by atoms with Gasteiger partial charge in [0.15, 0.2) is 11.6 Å². The molecule has 0 radical (unpaired) electrons. The topological polar surface area (TPSA) is 51.3 Å². The number of nitrogens with zero attached hydrogens (tertiary/aromatic N) is 3. The predicted octanol–water partition coefficient (Wildman–Crippen LogP) is 4.03. The summed E-state index contributed by atoms with van der Waals surface area (Å²) in [6.45, 7) is 7.14. The van der Waals surface area contributed by atoms with Crippen LogP contribution in [-0.2, 0) is 6.42 Å². The van der Waals surface area contributed by atoms with Crippen LogP contribution in [0, 0.1) is 20.8 Å². The Morgan fingerprint density at radius 1 is 1.19 bits per heavy atom. The van der Waals surface area contributed by atoms with Crippen molar-refractivity contribution in [1.29, 1.82) is 0 Å². The summed E-state index contributed by atoms with van der Waals surface area (Å²) in [4.78, 5) is 15.2. The van der Waals surface area contributed by atoms with Gasteiger partial charge in [-0.2, -0.15) is 0 Å². The first kappa shape index (κ1) is 16.6. The highest BCUT2D eigenvalue weighted by atomic mass is 16.5. The summed E-state index contributed by atoms with van der Waals surface area (Å²) in [6.07, 6.45) is 2.17. The molecule has 1 aliphatic rings. The Bertz CT molecular complexity index is 968. The van der Waals surface area contributed by atoms with Gasteiger partial charge in [-0.3, -0.25) is 9.36 Å². The number of para-hydroxylation sites is 1. The zero-order chi connectivity index (χ0) is 18.3. The van der Waals surface area contributed by atoms with Crippen molar-refractivity contribution in [3.05, 3.63) is 64.7 Å². The van der Waals surface area contributed by atoms with E-state index >= 15 is 0 Å². The van der Waals surface area contributed by atoms with E-state index in [0.29, 0.717) is 6.54 Å². The molecule has 3 heterocycles. The predicted molar refractivity (Wildman–Crippen MR) is 101 cm³/mol. The Morgan fingerprint density at radius 3 is 2.77 bits per heavy atom. The van der Waals surface area contributed by atoms with Crippen molar-refractivity contribution in [2.24, 2.45) is 0 Å². The number of carbonyl (C=O) groups is 1. The lowest BCUT2D eigenvalue weighted by atomic mass is 10.0. The van der Waals surface area contributed by atoms with Gasteiger partial charge in [0.25, 0.3) is 0 Å². The first-order valence-electron chi connectivity index (χ1n) is 9.03. The molecule has 0 atom stereocenters. The lowest BCUT2D eigenvalue weighted by molar-refractivity contribution is 0.0998. The Balaban J connectivity index is 1.62. The quantitative estimate of drug-likeness (QED) is 0.668. The number of fused-ring (bicyclic) bond motifs is 1. The van der Waals surface area contributed by atoms with Crippen LogP contribution in [0.15, 0.2) is 40.9 Å². The van der Waals surface area contributed by atoms with Gasteiger partial charge in [-0.15, -0.1) is 0 Å². The largest absolute Gasteiger partial charge is 0.364 e. The van der Waals surface area contributed by atoms with Gasteiger partial charge in [0.2, 0.25) is 0 Å². The minimum atomic E-state index is 0.140. The second-order valence-corrected chi connectivity index (χ2v) is 6.99. The van der Waals surface area contributed by atoms with Crippen LogP contribution in [0.1, 0.15) is 39.5 Å². The standard InChI is InChI=1S/C21H23N3O2/c1-14-11-18(16(3)24(14)21-12-15(2)26-22-21)20(25)13-23-10-6-8-17-7-4-5-9-19(17)23/h4-5,7,9,11-12H,6,8,10,13H2,1-3H3. The van der Waals surface area contributed by atoms with Gasteiger partial charge in [-0.25, -0.2) is 0 Å². The van der Waals surface area contributed by atoms with Crippen molar-refractivity contribution in [2.45, 2.75) is 33.6 Å². The van der Waals surface area contributed by atoms with Crippen molar-refractivity contribution >= 4 is 11.5 Å². The summed E-state index contributed by atoms with van der Waals surface area (Å²) in [5.41, 5.74) is 5.17. The number of Topliss-reactive ketones (excluding diaryl/α,β-unsaturated/α-hetero) is 1. The first-order valence-corrected chi connectivity index (χ1v) is 9.03. The number of aromatic nitrogens is 2. The molecule has 3 aromatic rings. The monoisotopic (exact) mass is 349 g/mol. The molecule has 0 N–H and O–H groups in total. The Kier molecular flexibility index (Phi) is 4.15. The molecule has 1 aromatic carbocycles. The summed E-state index contributed by atoms with van der Waals surface area (Å²) in [7, 11) is 0. The molecule has 1 aliphatic heterocycles. The van der Waals surface area contributed by atoms with Gasteiger partial charge in [0, 0.05) is 35.2 Å². The minimum Gasteiger partial charge on any atom is -0.364 e. The smallest absolute Gasteiger partial charge is 0.183 e. The Hall–Kier alpha value is -2.82. The van der Waals surface area contributed by atoms with Crippen LogP contribution in [0.25, 0.3) is 5.82 Å². The third-order valence-corrected chi connectivity index (χ3v) is 5.12. The average Bonchev–Trinajstić information content (AvgIpc) is 3.18. The van der Waals surface area contributed by atoms with E-state index in [1.54, 1.807) is 0 Å². The summed E-state index contributed by atoms with van der Waals surface area (Å²) in [5, 5.41) is 4.09. The number of aryl methyl sites for hydroxylation is 3.